The predicted octanol–water partition coefficient (Wildman–Crippen LogP) is 2.75. The molecular weight excluding hydrogens is 312 g/mol. The fraction of sp³-hybridized carbons (Fsp3) is 0.429. The van der Waals surface area contributed by atoms with E-state index in [1.165, 1.54) is 24.7 Å². The van der Waals surface area contributed by atoms with Crippen LogP contribution in [0.4, 0.5) is 8.78 Å². The van der Waals surface area contributed by atoms with Gasteiger partial charge in [0.1, 0.15) is 5.69 Å². The Morgan fingerprint density at radius 2 is 1.77 bits per heavy atom. The predicted molar refractivity (Wildman–Crippen MR) is 78.7 cm³/mol. The summed E-state index contributed by atoms with van der Waals surface area (Å²) in [5.41, 5.74) is 1.89. The minimum absolute atomic E-state index is 0.0966. The molecule has 0 spiro atoms. The van der Waals surface area contributed by atoms with Crippen LogP contribution in [0.5, 0.6) is 0 Å². The Balaban J connectivity index is 2.72. The Morgan fingerprint density at radius 3 is 2.23 bits per heavy atom. The number of hydrogen-bond acceptors (Lipinski definition) is 4. The van der Waals surface area contributed by atoms with Crippen LogP contribution in [-0.4, -0.2) is 29.4 Å². The van der Waals surface area contributed by atoms with E-state index < -0.39 is 16.3 Å². The molecule has 2 rings (SSSR count). The summed E-state index contributed by atoms with van der Waals surface area (Å²) in [5, 5.41) is 4.31. The molecule has 120 valence electrons. The molecule has 0 saturated carbocycles. The fourth-order valence-electron chi connectivity index (χ4n) is 2.54. The van der Waals surface area contributed by atoms with Crippen molar-refractivity contribution < 1.29 is 17.2 Å². The van der Waals surface area contributed by atoms with Gasteiger partial charge in [0.15, 0.2) is 14.9 Å². The van der Waals surface area contributed by atoms with Crippen molar-refractivity contribution in [2.75, 3.05) is 6.26 Å². The van der Waals surface area contributed by atoms with Crippen LogP contribution in [0.25, 0.3) is 11.4 Å². The highest BCUT2D eigenvalue weighted by Gasteiger charge is 2.24. The molecule has 0 bridgehead atoms. The molecular formula is C14H17F2N3O2S. The number of hydrogen-bond donors (Lipinski definition) is 0. The summed E-state index contributed by atoms with van der Waals surface area (Å²) < 4.78 is 50.8. The second kappa shape index (κ2) is 5.42. The van der Waals surface area contributed by atoms with Crippen LogP contribution >= 0.6 is 0 Å². The van der Waals surface area contributed by atoms with Crippen LogP contribution < -0.4 is 0 Å². The first-order chi connectivity index (χ1) is 10.0. The minimum Gasteiger partial charge on any atom is -0.256 e. The third kappa shape index (κ3) is 2.75. The average molecular weight is 329 g/mol. The standard InChI is InChI=1S/C14H17F2N3O2S/c1-7-6-10(13(15)16)9(3)17-11(7)12-8(2)14(19(4)18-12)22(5,20)21/h6,13H,1-5H3. The maximum absolute atomic E-state index is 12.9. The second-order valence-electron chi connectivity index (χ2n) is 5.30. The number of halogens is 2. The van der Waals surface area contributed by atoms with Gasteiger partial charge in [-0.25, -0.2) is 17.2 Å². The van der Waals surface area contributed by atoms with Crippen molar-refractivity contribution >= 4 is 9.84 Å². The zero-order valence-electron chi connectivity index (χ0n) is 13.0. The Labute approximate surface area is 127 Å². The Kier molecular flexibility index (Phi) is 4.08. The number of rotatable bonds is 3. The maximum atomic E-state index is 12.9. The smallest absolute Gasteiger partial charge is 0.256 e. The zero-order valence-corrected chi connectivity index (χ0v) is 13.8. The van der Waals surface area contributed by atoms with E-state index in [4.69, 9.17) is 0 Å². The van der Waals surface area contributed by atoms with Crippen molar-refractivity contribution in [1.82, 2.24) is 14.8 Å². The summed E-state index contributed by atoms with van der Waals surface area (Å²) in [7, 11) is -1.91. The first-order valence-electron chi connectivity index (χ1n) is 6.54. The van der Waals surface area contributed by atoms with E-state index in [-0.39, 0.29) is 16.3 Å². The van der Waals surface area contributed by atoms with E-state index in [1.807, 2.05) is 0 Å². The highest BCUT2D eigenvalue weighted by atomic mass is 32.2. The van der Waals surface area contributed by atoms with Crippen LogP contribution in [-0.2, 0) is 16.9 Å². The van der Waals surface area contributed by atoms with E-state index in [0.29, 0.717) is 22.5 Å². The molecule has 0 aliphatic carbocycles. The van der Waals surface area contributed by atoms with Crippen LogP contribution in [0.1, 0.15) is 28.8 Å². The summed E-state index contributed by atoms with van der Waals surface area (Å²) in [6.07, 6.45) is -1.50. The summed E-state index contributed by atoms with van der Waals surface area (Å²) in [6, 6.07) is 1.37. The van der Waals surface area contributed by atoms with Crippen molar-refractivity contribution in [3.8, 4) is 11.4 Å². The van der Waals surface area contributed by atoms with E-state index >= 15 is 0 Å². The molecule has 2 aromatic heterocycles. The van der Waals surface area contributed by atoms with Crippen molar-refractivity contribution in [3.63, 3.8) is 0 Å². The molecule has 0 radical (unpaired) electrons. The first kappa shape index (κ1) is 16.5. The highest BCUT2D eigenvalue weighted by Crippen LogP contribution is 2.31. The van der Waals surface area contributed by atoms with E-state index in [1.54, 1.807) is 13.8 Å². The normalized spacial score (nSPS) is 12.2. The van der Waals surface area contributed by atoms with Crippen LogP contribution in [0, 0.1) is 20.8 Å². The summed E-state index contributed by atoms with van der Waals surface area (Å²) in [4.78, 5) is 4.21. The van der Waals surface area contributed by atoms with E-state index in [9.17, 15) is 17.2 Å². The molecule has 8 heteroatoms. The Hall–Kier alpha value is -1.83. The number of nitrogens with zero attached hydrogens (tertiary/aromatic N) is 3. The van der Waals surface area contributed by atoms with Crippen LogP contribution in [0.15, 0.2) is 11.1 Å². The highest BCUT2D eigenvalue weighted by molar-refractivity contribution is 7.90. The molecule has 0 unspecified atom stereocenters. The van der Waals surface area contributed by atoms with Crippen molar-refractivity contribution in [2.45, 2.75) is 32.2 Å². The molecule has 0 fully saturated rings. The summed E-state index contributed by atoms with van der Waals surface area (Å²) >= 11 is 0. The second-order valence-corrected chi connectivity index (χ2v) is 7.23. The molecule has 5 nitrogen and oxygen atoms in total. The molecule has 0 saturated heterocycles. The van der Waals surface area contributed by atoms with Crippen molar-refractivity contribution in [1.29, 1.82) is 0 Å². The van der Waals surface area contributed by atoms with Gasteiger partial charge in [0.05, 0.1) is 5.69 Å². The van der Waals surface area contributed by atoms with Crippen molar-refractivity contribution in [3.05, 3.63) is 28.5 Å². The van der Waals surface area contributed by atoms with Gasteiger partial charge in [-0.15, -0.1) is 0 Å². The molecule has 22 heavy (non-hydrogen) atoms. The molecule has 2 aromatic rings. The molecule has 0 aliphatic heterocycles. The fourth-order valence-corrected chi connectivity index (χ4v) is 3.72. The average Bonchev–Trinajstić information content (AvgIpc) is 2.66. The van der Waals surface area contributed by atoms with Crippen LogP contribution in [0.2, 0.25) is 0 Å². The van der Waals surface area contributed by atoms with Gasteiger partial charge < -0.3 is 0 Å². The molecule has 0 N–H and O–H groups in total. The van der Waals surface area contributed by atoms with E-state index in [2.05, 4.69) is 10.1 Å². The van der Waals surface area contributed by atoms with Gasteiger partial charge in [-0.05, 0) is 32.4 Å². The van der Waals surface area contributed by atoms with Gasteiger partial charge in [0.25, 0.3) is 6.43 Å². The minimum atomic E-state index is -3.44. The first-order valence-corrected chi connectivity index (χ1v) is 8.43. The zero-order chi connectivity index (χ0) is 16.8. The topological polar surface area (TPSA) is 64.8 Å². The van der Waals surface area contributed by atoms with E-state index in [0.717, 1.165) is 6.26 Å². The number of aryl methyl sites for hydroxylation is 3. The third-order valence-electron chi connectivity index (χ3n) is 3.47. The molecule has 2 heterocycles. The summed E-state index contributed by atoms with van der Waals surface area (Å²) in [5.74, 6) is 0. The molecule has 0 aliphatic rings. The quantitative estimate of drug-likeness (QED) is 0.868. The number of sulfone groups is 1. The summed E-state index contributed by atoms with van der Waals surface area (Å²) in [6.45, 7) is 4.79. The largest absolute Gasteiger partial charge is 0.265 e. The molecule has 0 amide bonds. The lowest BCUT2D eigenvalue weighted by atomic mass is 10.1. The van der Waals surface area contributed by atoms with Gasteiger partial charge in [-0.1, -0.05) is 0 Å². The molecule has 0 atom stereocenters. The van der Waals surface area contributed by atoms with Gasteiger partial charge >= 0.3 is 0 Å². The van der Waals surface area contributed by atoms with Gasteiger partial charge in [-0.2, -0.15) is 5.10 Å². The van der Waals surface area contributed by atoms with Gasteiger partial charge in [0, 0.05) is 30.1 Å². The Morgan fingerprint density at radius 1 is 1.18 bits per heavy atom. The third-order valence-corrected chi connectivity index (χ3v) is 4.75. The number of pyridine rings is 1. The lowest BCUT2D eigenvalue weighted by Gasteiger charge is -2.09. The van der Waals surface area contributed by atoms with Crippen molar-refractivity contribution in [2.24, 2.45) is 7.05 Å². The molecule has 0 aromatic carbocycles. The van der Waals surface area contributed by atoms with Gasteiger partial charge in [0.2, 0.25) is 0 Å². The lowest BCUT2D eigenvalue weighted by molar-refractivity contribution is 0.150. The SMILES string of the molecule is Cc1cc(C(F)F)c(C)nc1-c1nn(C)c(S(C)(=O)=O)c1C. The monoisotopic (exact) mass is 329 g/mol. The van der Waals surface area contributed by atoms with Crippen LogP contribution in [0.3, 0.4) is 0 Å². The van der Waals surface area contributed by atoms with Gasteiger partial charge in [-0.3, -0.25) is 9.67 Å². The Bertz CT molecular complexity index is 842. The number of alkyl halides is 2. The lowest BCUT2D eigenvalue weighted by Crippen LogP contribution is -2.06. The number of aromatic nitrogens is 3. The maximum Gasteiger partial charge on any atom is 0.265 e.